The van der Waals surface area contributed by atoms with Crippen molar-refractivity contribution in [1.29, 1.82) is 0 Å². The minimum Gasteiger partial charge on any atom is -0.493 e. The number of carbonyl (C=O) groups excluding carboxylic acids is 2. The second kappa shape index (κ2) is 16.0. The Bertz CT molecular complexity index is 1340. The Balaban J connectivity index is 1.61. The second-order valence-electron chi connectivity index (χ2n) is 11.4. The molecule has 2 aliphatic heterocycles. The Morgan fingerprint density at radius 1 is 1.18 bits per heavy atom. The number of methoxy groups -OCH3 is 1. The van der Waals surface area contributed by atoms with Crippen molar-refractivity contribution in [3.63, 3.8) is 0 Å². The summed E-state index contributed by atoms with van der Waals surface area (Å²) in [7, 11) is 2.93. The van der Waals surface area contributed by atoms with Crippen molar-refractivity contribution in [1.82, 2.24) is 4.98 Å². The van der Waals surface area contributed by atoms with Gasteiger partial charge in [0.05, 0.1) is 12.7 Å². The van der Waals surface area contributed by atoms with Gasteiger partial charge in [0, 0.05) is 31.8 Å². The smallest absolute Gasteiger partial charge is 0.342 e. The molecule has 1 radical (unpaired) electrons. The molecule has 12 heteroatoms. The van der Waals surface area contributed by atoms with Gasteiger partial charge in [0.2, 0.25) is 0 Å². The van der Waals surface area contributed by atoms with Crippen LogP contribution < -0.4 is 14.3 Å². The predicted molar refractivity (Wildman–Crippen MR) is 170 cm³/mol. The summed E-state index contributed by atoms with van der Waals surface area (Å²) in [6.45, 7) is 8.05. The molecule has 11 nitrogen and oxygen atoms in total. The summed E-state index contributed by atoms with van der Waals surface area (Å²) in [6, 6.07) is 8.88. The first-order chi connectivity index (χ1) is 21.6. The number of benzene rings is 1. The summed E-state index contributed by atoms with van der Waals surface area (Å²) in [6.07, 6.45) is 8.11. The molecule has 0 bridgehead atoms. The van der Waals surface area contributed by atoms with Gasteiger partial charge in [-0.2, -0.15) is 0 Å². The average molecular weight is 622 g/mol. The highest BCUT2D eigenvalue weighted by atomic mass is 16.8. The summed E-state index contributed by atoms with van der Waals surface area (Å²) < 4.78 is 35.1. The molecule has 3 heterocycles. The molecule has 1 N–H and O–H groups in total. The topological polar surface area (TPSA) is 126 Å². The first kappa shape index (κ1) is 34.2. The van der Waals surface area contributed by atoms with Gasteiger partial charge in [-0.1, -0.05) is 37.3 Å². The number of esters is 1. The van der Waals surface area contributed by atoms with Crippen LogP contribution >= 0.6 is 0 Å². The van der Waals surface area contributed by atoms with Crippen LogP contribution in [0.25, 0.3) is 6.08 Å². The van der Waals surface area contributed by atoms with E-state index in [0.29, 0.717) is 43.1 Å². The maximum Gasteiger partial charge on any atom is 0.342 e. The molecule has 0 aliphatic carbocycles. The summed E-state index contributed by atoms with van der Waals surface area (Å²) in [5, 5.41) is 10.9. The van der Waals surface area contributed by atoms with Gasteiger partial charge in [-0.3, -0.25) is 0 Å². The molecule has 1 aromatic heterocycles. The number of aromatic nitrogens is 1. The number of hydrogen-bond acceptors (Lipinski definition) is 11. The molecule has 241 valence electrons. The molecule has 4 rings (SSSR count). The van der Waals surface area contributed by atoms with Gasteiger partial charge < -0.3 is 43.1 Å². The first-order valence-electron chi connectivity index (χ1n) is 15.1. The van der Waals surface area contributed by atoms with Crippen LogP contribution in [0.4, 0.5) is 5.82 Å². The van der Waals surface area contributed by atoms with Gasteiger partial charge in [-0.25, -0.2) is 9.78 Å². The van der Waals surface area contributed by atoms with E-state index in [4.69, 9.17) is 28.4 Å². The SMILES string of the molecule is COCOc1cc(OCCCN([B]C=O)c2ccccn2)cc2c1C(=O)O[C@@H](C)[C@H](C)/C=C\C(O)C1OC(C)(C)OC1CC=C2. The number of aliphatic hydroxyl groups is 1. The van der Waals surface area contributed by atoms with E-state index in [1.54, 1.807) is 42.2 Å². The Labute approximate surface area is 265 Å². The standard InChI is InChI=1S/C33H42BN2O9/c1-22-13-14-26(38)31-27(44-33(3,4)45-31)11-8-10-24-18-25(19-28(42-21-40-5)30(24)32(39)43-23(22)2)41-17-9-16-36(34-20-37)29-12-6-7-15-35-29/h6-8,10,12-15,18-20,22-23,26-27,31,38H,9,11,16-17,21H2,1-5H3/b10-8?,14-13-/t22-,23+,26?,27?,31?/m1/s1. The van der Waals surface area contributed by atoms with Crippen LogP contribution in [0.2, 0.25) is 0 Å². The number of hydrogen-bond donors (Lipinski definition) is 1. The van der Waals surface area contributed by atoms with E-state index in [0.717, 1.165) is 6.19 Å². The van der Waals surface area contributed by atoms with E-state index in [1.165, 1.54) is 14.5 Å². The molecule has 45 heavy (non-hydrogen) atoms. The van der Waals surface area contributed by atoms with Crippen molar-refractivity contribution in [2.75, 3.05) is 31.9 Å². The zero-order chi connectivity index (χ0) is 32.4. The van der Waals surface area contributed by atoms with Crippen LogP contribution in [0.15, 0.2) is 54.8 Å². The number of rotatable bonds is 11. The normalized spacial score (nSPS) is 25.2. The summed E-state index contributed by atoms with van der Waals surface area (Å²) in [5.74, 6) is -0.245. The lowest BCUT2D eigenvalue weighted by atomic mass is 9.94. The fraction of sp³-hybridized carbons (Fsp3) is 0.485. The van der Waals surface area contributed by atoms with Crippen LogP contribution in [0.5, 0.6) is 11.5 Å². The van der Waals surface area contributed by atoms with Gasteiger partial charge in [-0.15, -0.1) is 0 Å². The number of pyridine rings is 1. The predicted octanol–water partition coefficient (Wildman–Crippen LogP) is 4.18. The third-order valence-electron chi connectivity index (χ3n) is 7.51. The molecule has 1 aromatic carbocycles. The van der Waals surface area contributed by atoms with Gasteiger partial charge in [-0.05, 0) is 57.4 Å². The highest BCUT2D eigenvalue weighted by molar-refractivity contribution is 6.70. The van der Waals surface area contributed by atoms with Gasteiger partial charge in [0.15, 0.2) is 12.6 Å². The molecule has 5 atom stereocenters. The van der Waals surface area contributed by atoms with Crippen molar-refractivity contribution < 1.29 is 43.1 Å². The quantitative estimate of drug-likeness (QED) is 0.0970. The number of aliphatic hydroxyl groups excluding tert-OH is 1. The lowest BCUT2D eigenvalue weighted by molar-refractivity contribution is -0.152. The minimum absolute atomic E-state index is 0.0932. The zero-order valence-corrected chi connectivity index (χ0v) is 26.5. The molecule has 1 fully saturated rings. The van der Waals surface area contributed by atoms with E-state index in [1.807, 2.05) is 51.1 Å². The van der Waals surface area contributed by atoms with Crippen molar-refractivity contribution in [2.24, 2.45) is 5.92 Å². The third-order valence-corrected chi connectivity index (χ3v) is 7.51. The molecule has 1 saturated heterocycles. The van der Waals surface area contributed by atoms with Gasteiger partial charge >= 0.3 is 13.4 Å². The van der Waals surface area contributed by atoms with Crippen LogP contribution in [-0.2, 0) is 23.7 Å². The Morgan fingerprint density at radius 2 is 2.00 bits per heavy atom. The maximum atomic E-state index is 13.6. The summed E-state index contributed by atoms with van der Waals surface area (Å²) >= 11 is 0. The fourth-order valence-electron chi connectivity index (χ4n) is 5.12. The largest absolute Gasteiger partial charge is 0.493 e. The van der Waals surface area contributed by atoms with E-state index in [-0.39, 0.29) is 24.0 Å². The molecule has 0 spiro atoms. The molecule has 3 unspecified atom stereocenters. The molecular formula is C33H42BN2O9. The lowest BCUT2D eigenvalue weighted by Gasteiger charge is -2.23. The van der Waals surface area contributed by atoms with Crippen molar-refractivity contribution in [3.8, 4) is 11.5 Å². The molecule has 0 saturated carbocycles. The molecule has 0 amide bonds. The first-order valence-corrected chi connectivity index (χ1v) is 15.1. The second-order valence-corrected chi connectivity index (χ2v) is 11.4. The fourth-order valence-corrected chi connectivity index (χ4v) is 5.12. The van der Waals surface area contributed by atoms with Crippen LogP contribution in [0, 0.1) is 5.92 Å². The van der Waals surface area contributed by atoms with Crippen LogP contribution in [0.1, 0.15) is 56.5 Å². The number of nitrogens with zero attached hydrogens (tertiary/aromatic N) is 2. The number of fused-ring (bicyclic) bond motifs is 2. The van der Waals surface area contributed by atoms with Crippen molar-refractivity contribution in [3.05, 3.63) is 65.9 Å². The van der Waals surface area contributed by atoms with Crippen molar-refractivity contribution in [2.45, 2.75) is 70.7 Å². The monoisotopic (exact) mass is 621 g/mol. The van der Waals surface area contributed by atoms with Crippen LogP contribution in [-0.4, -0.2) is 86.9 Å². The van der Waals surface area contributed by atoms with Gasteiger partial charge in [0.25, 0.3) is 0 Å². The maximum absolute atomic E-state index is 13.6. The van der Waals surface area contributed by atoms with E-state index in [9.17, 15) is 14.7 Å². The zero-order valence-electron chi connectivity index (χ0n) is 26.5. The van der Waals surface area contributed by atoms with Crippen molar-refractivity contribution >= 4 is 31.5 Å². The van der Waals surface area contributed by atoms with Gasteiger partial charge in [0.1, 0.15) is 47.4 Å². The van der Waals surface area contributed by atoms with Crippen LogP contribution in [0.3, 0.4) is 0 Å². The van der Waals surface area contributed by atoms with E-state index < -0.39 is 36.2 Å². The Morgan fingerprint density at radius 3 is 2.73 bits per heavy atom. The average Bonchev–Trinajstić information content (AvgIpc) is 3.33. The highest BCUT2D eigenvalue weighted by Crippen LogP contribution is 2.35. The Hall–Kier alpha value is -3.71. The number of cyclic esters (lactones) is 1. The lowest BCUT2D eigenvalue weighted by Crippen LogP contribution is -2.34. The number of carbonyl (C=O) groups is 2. The molecule has 2 aromatic rings. The molecular weight excluding hydrogens is 579 g/mol. The highest BCUT2D eigenvalue weighted by Gasteiger charge is 2.43. The Kier molecular flexibility index (Phi) is 12.2. The number of anilines is 1. The van der Waals surface area contributed by atoms with E-state index in [2.05, 4.69) is 4.98 Å². The minimum atomic E-state index is -0.905. The van der Waals surface area contributed by atoms with E-state index >= 15 is 0 Å². The summed E-state index contributed by atoms with van der Waals surface area (Å²) in [4.78, 5) is 30.9. The summed E-state index contributed by atoms with van der Waals surface area (Å²) in [5.41, 5.74) is 0.758. The third kappa shape index (κ3) is 9.40. The number of ether oxygens (including phenoxy) is 6. The molecule has 2 aliphatic rings.